The fraction of sp³-hybridized carbons (Fsp3) is 0.200. The molecule has 4 heteroatoms. The average molecular weight is 450 g/mol. The summed E-state index contributed by atoms with van der Waals surface area (Å²) in [5, 5.41) is 1.67. The van der Waals surface area contributed by atoms with E-state index in [0.717, 1.165) is 0 Å². The minimum absolute atomic E-state index is 0.438. The third-order valence-electron chi connectivity index (χ3n) is 4.75. The number of benzene rings is 2. The standard InChI is InChI=1S/C20H19Si.2ClH.Zr/c1-21(2)19-13-15-8-4-6-10-17(15)20(19)18-12-11-14-7-3-5-9-16(14)18;;;/h3-13,18,20H,1-2H3;2*1H;/q;;;+2/p-2. The summed E-state index contributed by atoms with van der Waals surface area (Å²) in [6.45, 7) is 4.83. The molecule has 2 atom stereocenters. The Kier molecular flexibility index (Phi) is 6.38. The van der Waals surface area contributed by atoms with Crippen LogP contribution in [0.25, 0.3) is 12.2 Å². The first-order chi connectivity index (χ1) is 11.7. The molecule has 121 valence electrons. The Morgan fingerprint density at radius 1 is 0.875 bits per heavy atom. The quantitative estimate of drug-likeness (QED) is 0.451. The third kappa shape index (κ3) is 3.58. The summed E-state index contributed by atoms with van der Waals surface area (Å²) in [4.78, 5) is 0. The average Bonchev–Trinajstić information content (AvgIpc) is 3.16. The van der Waals surface area contributed by atoms with Crippen molar-refractivity contribution < 1.29 is 20.8 Å². The molecule has 0 aliphatic heterocycles. The van der Waals surface area contributed by atoms with Gasteiger partial charge in [0.2, 0.25) is 0 Å². The molecule has 0 saturated carbocycles. The number of fused-ring (bicyclic) bond motifs is 2. The summed E-state index contributed by atoms with van der Waals surface area (Å²) in [7, 11) is 9.43. The molecule has 2 aromatic rings. The third-order valence-corrected chi connectivity index (χ3v) is 6.36. The SMILES string of the molecule is C[Si](C)C1=Cc2ccccc2C1C1C=Cc2ccccc21.[Cl][Zr][Cl]. The second kappa shape index (κ2) is 8.32. The van der Waals surface area contributed by atoms with Gasteiger partial charge in [-0.2, -0.15) is 0 Å². The van der Waals surface area contributed by atoms with Gasteiger partial charge in [0.1, 0.15) is 0 Å². The molecule has 0 aromatic heterocycles. The van der Waals surface area contributed by atoms with Crippen molar-refractivity contribution in [3.63, 3.8) is 0 Å². The van der Waals surface area contributed by atoms with Gasteiger partial charge in [0.15, 0.2) is 0 Å². The van der Waals surface area contributed by atoms with Gasteiger partial charge < -0.3 is 0 Å². The summed E-state index contributed by atoms with van der Waals surface area (Å²) >= 11 is -0.826. The van der Waals surface area contributed by atoms with Crippen molar-refractivity contribution in [2.45, 2.75) is 24.9 Å². The van der Waals surface area contributed by atoms with Crippen molar-refractivity contribution in [1.82, 2.24) is 0 Å². The van der Waals surface area contributed by atoms with Gasteiger partial charge in [-0.1, -0.05) is 85.0 Å². The summed E-state index contributed by atoms with van der Waals surface area (Å²) in [5.41, 5.74) is 5.84. The topological polar surface area (TPSA) is 0 Å². The Morgan fingerprint density at radius 2 is 1.46 bits per heavy atom. The first-order valence-electron chi connectivity index (χ1n) is 8.01. The molecule has 0 amide bonds. The summed E-state index contributed by atoms with van der Waals surface area (Å²) in [6, 6.07) is 17.8. The number of rotatable bonds is 2. The van der Waals surface area contributed by atoms with Crippen LogP contribution < -0.4 is 0 Å². The molecule has 24 heavy (non-hydrogen) atoms. The Labute approximate surface area is 164 Å². The van der Waals surface area contributed by atoms with Gasteiger partial charge in [-0.3, -0.25) is 0 Å². The van der Waals surface area contributed by atoms with Crippen LogP contribution in [0.4, 0.5) is 0 Å². The van der Waals surface area contributed by atoms with Crippen LogP contribution in [-0.2, 0) is 20.8 Å². The Hall–Kier alpha value is -0.400. The maximum atomic E-state index is 4.93. The zero-order valence-electron chi connectivity index (χ0n) is 13.8. The summed E-state index contributed by atoms with van der Waals surface area (Å²) in [6.07, 6.45) is 7.18. The first kappa shape index (κ1) is 18.4. The molecule has 0 spiro atoms. The molecule has 4 rings (SSSR count). The normalized spacial score (nSPS) is 20.1. The maximum absolute atomic E-state index is 4.93. The fourth-order valence-corrected chi connectivity index (χ4v) is 5.16. The van der Waals surface area contributed by atoms with Crippen LogP contribution in [0.15, 0.2) is 59.8 Å². The zero-order chi connectivity index (χ0) is 17.1. The van der Waals surface area contributed by atoms with E-state index in [4.69, 9.17) is 17.0 Å². The number of allylic oxidation sites excluding steroid dienone is 2. The molecular formula is C20H19Cl2SiZr. The van der Waals surface area contributed by atoms with Gasteiger partial charge in [-0.05, 0) is 22.3 Å². The molecule has 0 fully saturated rings. The predicted molar refractivity (Wildman–Crippen MR) is 105 cm³/mol. The van der Waals surface area contributed by atoms with Gasteiger partial charge in [0.05, 0.1) is 8.80 Å². The van der Waals surface area contributed by atoms with Crippen LogP contribution in [0.3, 0.4) is 0 Å². The molecule has 1 radical (unpaired) electrons. The van der Waals surface area contributed by atoms with E-state index in [2.05, 4.69) is 79.9 Å². The van der Waals surface area contributed by atoms with Gasteiger partial charge in [-0.25, -0.2) is 0 Å². The van der Waals surface area contributed by atoms with Crippen molar-refractivity contribution in [2.24, 2.45) is 0 Å². The van der Waals surface area contributed by atoms with E-state index < -0.39 is 29.6 Å². The first-order valence-corrected chi connectivity index (χ1v) is 16.8. The van der Waals surface area contributed by atoms with E-state index in [1.165, 1.54) is 22.3 Å². The predicted octanol–water partition coefficient (Wildman–Crippen LogP) is 6.65. The van der Waals surface area contributed by atoms with Crippen molar-refractivity contribution in [1.29, 1.82) is 0 Å². The van der Waals surface area contributed by atoms with Crippen LogP contribution in [0.1, 0.15) is 34.1 Å². The number of hydrogen-bond acceptors (Lipinski definition) is 0. The Morgan fingerprint density at radius 3 is 2.12 bits per heavy atom. The molecule has 0 bridgehead atoms. The number of halogens is 2. The van der Waals surface area contributed by atoms with Crippen LogP contribution in [0.2, 0.25) is 13.1 Å². The monoisotopic (exact) mass is 447 g/mol. The van der Waals surface area contributed by atoms with E-state index >= 15 is 0 Å². The van der Waals surface area contributed by atoms with E-state index in [-0.39, 0.29) is 0 Å². The van der Waals surface area contributed by atoms with E-state index in [9.17, 15) is 0 Å². The molecular weight excluding hydrogens is 430 g/mol. The van der Waals surface area contributed by atoms with Crippen molar-refractivity contribution in [3.8, 4) is 0 Å². The van der Waals surface area contributed by atoms with Gasteiger partial charge >= 0.3 is 37.9 Å². The number of hydrogen-bond donors (Lipinski definition) is 0. The van der Waals surface area contributed by atoms with Gasteiger partial charge in [0.25, 0.3) is 0 Å². The fourth-order valence-electron chi connectivity index (χ4n) is 3.76. The van der Waals surface area contributed by atoms with Crippen LogP contribution >= 0.6 is 17.0 Å². The second-order valence-electron chi connectivity index (χ2n) is 6.29. The van der Waals surface area contributed by atoms with Gasteiger partial charge in [0, 0.05) is 11.8 Å². The molecule has 2 aliphatic rings. The Bertz CT molecular complexity index is 783. The molecule has 0 nitrogen and oxygen atoms in total. The van der Waals surface area contributed by atoms with Gasteiger partial charge in [-0.15, -0.1) is 0 Å². The van der Waals surface area contributed by atoms with E-state index in [1.54, 1.807) is 5.20 Å². The molecule has 0 N–H and O–H groups in total. The van der Waals surface area contributed by atoms with Crippen molar-refractivity contribution >= 4 is 38.0 Å². The van der Waals surface area contributed by atoms with Crippen molar-refractivity contribution in [2.75, 3.05) is 0 Å². The zero-order valence-corrected chi connectivity index (χ0v) is 18.7. The van der Waals surface area contributed by atoms with E-state index in [1.807, 2.05) is 0 Å². The minimum atomic E-state index is -0.826. The molecule has 0 heterocycles. The van der Waals surface area contributed by atoms with Crippen LogP contribution in [-0.4, -0.2) is 8.80 Å². The van der Waals surface area contributed by atoms with Crippen molar-refractivity contribution in [3.05, 3.63) is 82.1 Å². The summed E-state index contributed by atoms with van der Waals surface area (Å²) in [5.74, 6) is 1.06. The van der Waals surface area contributed by atoms with E-state index in [0.29, 0.717) is 11.8 Å². The molecule has 2 aliphatic carbocycles. The molecule has 0 saturated heterocycles. The molecule has 2 unspecified atom stereocenters. The second-order valence-corrected chi connectivity index (χ2v) is 12.6. The van der Waals surface area contributed by atoms with Crippen LogP contribution in [0, 0.1) is 0 Å². The Balaban J connectivity index is 0.000000526. The summed E-state index contributed by atoms with van der Waals surface area (Å²) < 4.78 is 0. The van der Waals surface area contributed by atoms with Crippen LogP contribution in [0.5, 0.6) is 0 Å². The molecule has 2 aromatic carbocycles.